The van der Waals surface area contributed by atoms with E-state index in [4.69, 9.17) is 10.5 Å². The SMILES string of the molecule is Cc1cccc2c1OC(C(C)N)CC2. The smallest absolute Gasteiger partial charge is 0.125 e. The van der Waals surface area contributed by atoms with Gasteiger partial charge in [0.15, 0.2) is 0 Å². The van der Waals surface area contributed by atoms with E-state index in [9.17, 15) is 0 Å². The van der Waals surface area contributed by atoms with Gasteiger partial charge in [0.1, 0.15) is 11.9 Å². The molecule has 2 nitrogen and oxygen atoms in total. The van der Waals surface area contributed by atoms with E-state index in [1.54, 1.807) is 0 Å². The minimum Gasteiger partial charge on any atom is -0.488 e. The van der Waals surface area contributed by atoms with E-state index in [2.05, 4.69) is 25.1 Å². The third kappa shape index (κ3) is 1.62. The molecular weight excluding hydrogens is 174 g/mol. The summed E-state index contributed by atoms with van der Waals surface area (Å²) in [4.78, 5) is 0. The van der Waals surface area contributed by atoms with Crippen LogP contribution in [-0.4, -0.2) is 12.1 Å². The van der Waals surface area contributed by atoms with Crippen LogP contribution in [0.4, 0.5) is 0 Å². The molecular formula is C12H17NO. The Kier molecular flexibility index (Phi) is 2.46. The maximum absolute atomic E-state index is 5.90. The highest BCUT2D eigenvalue weighted by Crippen LogP contribution is 2.31. The lowest BCUT2D eigenvalue weighted by Crippen LogP contribution is -2.38. The summed E-state index contributed by atoms with van der Waals surface area (Å²) in [7, 11) is 0. The molecule has 1 heterocycles. The van der Waals surface area contributed by atoms with Crippen molar-refractivity contribution >= 4 is 0 Å². The minimum atomic E-state index is 0.114. The third-order valence-corrected chi connectivity index (χ3v) is 2.85. The van der Waals surface area contributed by atoms with Crippen LogP contribution in [0.25, 0.3) is 0 Å². The summed E-state index contributed by atoms with van der Waals surface area (Å²) in [6.45, 7) is 4.09. The van der Waals surface area contributed by atoms with Gasteiger partial charge in [-0.15, -0.1) is 0 Å². The van der Waals surface area contributed by atoms with E-state index in [1.165, 1.54) is 11.1 Å². The number of benzene rings is 1. The first-order valence-electron chi connectivity index (χ1n) is 5.19. The van der Waals surface area contributed by atoms with E-state index >= 15 is 0 Å². The quantitative estimate of drug-likeness (QED) is 0.737. The van der Waals surface area contributed by atoms with E-state index < -0.39 is 0 Å². The summed E-state index contributed by atoms with van der Waals surface area (Å²) in [5.74, 6) is 1.06. The van der Waals surface area contributed by atoms with Crippen LogP contribution in [0.3, 0.4) is 0 Å². The van der Waals surface area contributed by atoms with Crippen LogP contribution in [0.2, 0.25) is 0 Å². The number of hydrogen-bond acceptors (Lipinski definition) is 2. The van der Waals surface area contributed by atoms with E-state index in [0.717, 1.165) is 18.6 Å². The molecule has 14 heavy (non-hydrogen) atoms. The average molecular weight is 191 g/mol. The molecule has 1 aliphatic heterocycles. The standard InChI is InChI=1S/C12H17NO/c1-8-4-3-5-10-6-7-11(9(2)13)14-12(8)10/h3-5,9,11H,6-7,13H2,1-2H3. The average Bonchev–Trinajstić information content (AvgIpc) is 2.18. The van der Waals surface area contributed by atoms with Crippen LogP contribution >= 0.6 is 0 Å². The van der Waals surface area contributed by atoms with E-state index in [0.29, 0.717) is 0 Å². The predicted molar refractivity (Wildman–Crippen MR) is 57.6 cm³/mol. The maximum Gasteiger partial charge on any atom is 0.125 e. The molecule has 0 fully saturated rings. The van der Waals surface area contributed by atoms with Gasteiger partial charge in [-0.05, 0) is 37.8 Å². The molecule has 0 aromatic heterocycles. The molecule has 1 aromatic carbocycles. The van der Waals surface area contributed by atoms with Crippen molar-refractivity contribution in [2.45, 2.75) is 38.8 Å². The molecule has 0 aliphatic carbocycles. The highest BCUT2D eigenvalue weighted by Gasteiger charge is 2.23. The van der Waals surface area contributed by atoms with E-state index in [-0.39, 0.29) is 12.1 Å². The highest BCUT2D eigenvalue weighted by molar-refractivity contribution is 5.42. The fourth-order valence-corrected chi connectivity index (χ4v) is 1.96. The molecule has 0 amide bonds. The summed E-state index contributed by atoms with van der Waals surface area (Å²) in [5.41, 5.74) is 8.39. The summed E-state index contributed by atoms with van der Waals surface area (Å²) < 4.78 is 5.90. The Bertz CT molecular complexity index is 333. The predicted octanol–water partition coefficient (Wildman–Crippen LogP) is 2.04. The minimum absolute atomic E-state index is 0.114. The van der Waals surface area contributed by atoms with Crippen molar-refractivity contribution in [3.63, 3.8) is 0 Å². The zero-order valence-corrected chi connectivity index (χ0v) is 8.79. The van der Waals surface area contributed by atoms with Crippen LogP contribution < -0.4 is 10.5 Å². The Morgan fingerprint density at radius 1 is 1.50 bits per heavy atom. The topological polar surface area (TPSA) is 35.2 Å². The Labute approximate surface area is 85.1 Å². The second-order valence-corrected chi connectivity index (χ2v) is 4.12. The van der Waals surface area contributed by atoms with Gasteiger partial charge in [0.25, 0.3) is 0 Å². The lowest BCUT2D eigenvalue weighted by atomic mass is 9.97. The Morgan fingerprint density at radius 3 is 3.00 bits per heavy atom. The van der Waals surface area contributed by atoms with Gasteiger partial charge in [-0.2, -0.15) is 0 Å². The molecule has 0 radical (unpaired) electrons. The van der Waals surface area contributed by atoms with Gasteiger partial charge in [-0.25, -0.2) is 0 Å². The number of rotatable bonds is 1. The van der Waals surface area contributed by atoms with Gasteiger partial charge in [0.2, 0.25) is 0 Å². The van der Waals surface area contributed by atoms with E-state index in [1.807, 2.05) is 6.92 Å². The molecule has 2 N–H and O–H groups in total. The molecule has 2 heteroatoms. The van der Waals surface area contributed by atoms with Gasteiger partial charge in [-0.1, -0.05) is 18.2 Å². The molecule has 0 saturated carbocycles. The number of fused-ring (bicyclic) bond motifs is 1. The van der Waals surface area contributed by atoms with Crippen LogP contribution in [0.15, 0.2) is 18.2 Å². The number of hydrogen-bond donors (Lipinski definition) is 1. The Morgan fingerprint density at radius 2 is 2.29 bits per heavy atom. The van der Waals surface area contributed by atoms with Crippen LogP contribution in [0.5, 0.6) is 5.75 Å². The lowest BCUT2D eigenvalue weighted by Gasteiger charge is -2.29. The zero-order valence-electron chi connectivity index (χ0n) is 8.79. The molecule has 2 atom stereocenters. The number of ether oxygens (including phenoxy) is 1. The van der Waals surface area contributed by atoms with Gasteiger partial charge in [0, 0.05) is 6.04 Å². The number of para-hydroxylation sites is 1. The molecule has 1 aliphatic rings. The van der Waals surface area contributed by atoms with Crippen LogP contribution in [0, 0.1) is 6.92 Å². The lowest BCUT2D eigenvalue weighted by molar-refractivity contribution is 0.150. The highest BCUT2D eigenvalue weighted by atomic mass is 16.5. The fourth-order valence-electron chi connectivity index (χ4n) is 1.96. The van der Waals surface area contributed by atoms with Crippen molar-refractivity contribution < 1.29 is 4.74 Å². The molecule has 2 rings (SSSR count). The molecule has 2 unspecified atom stereocenters. The second kappa shape index (κ2) is 3.62. The first-order valence-corrected chi connectivity index (χ1v) is 5.19. The molecule has 0 spiro atoms. The summed E-state index contributed by atoms with van der Waals surface area (Å²) in [6.07, 6.45) is 2.31. The van der Waals surface area contributed by atoms with Crippen molar-refractivity contribution in [2.75, 3.05) is 0 Å². The zero-order chi connectivity index (χ0) is 10.1. The fraction of sp³-hybridized carbons (Fsp3) is 0.500. The van der Waals surface area contributed by atoms with Crippen LogP contribution in [-0.2, 0) is 6.42 Å². The largest absolute Gasteiger partial charge is 0.488 e. The van der Waals surface area contributed by atoms with Crippen molar-refractivity contribution in [1.82, 2.24) is 0 Å². The van der Waals surface area contributed by atoms with Gasteiger partial charge >= 0.3 is 0 Å². The summed E-state index contributed by atoms with van der Waals surface area (Å²) in [5, 5.41) is 0. The second-order valence-electron chi connectivity index (χ2n) is 4.12. The Balaban J connectivity index is 2.29. The van der Waals surface area contributed by atoms with Crippen molar-refractivity contribution in [3.05, 3.63) is 29.3 Å². The molecule has 76 valence electrons. The normalized spacial score (nSPS) is 22.4. The first kappa shape index (κ1) is 9.53. The summed E-state index contributed by atoms with van der Waals surface area (Å²) in [6, 6.07) is 6.43. The van der Waals surface area contributed by atoms with Crippen molar-refractivity contribution in [2.24, 2.45) is 5.73 Å². The number of aryl methyl sites for hydroxylation is 2. The molecule has 1 aromatic rings. The van der Waals surface area contributed by atoms with Crippen LogP contribution in [0.1, 0.15) is 24.5 Å². The van der Waals surface area contributed by atoms with Gasteiger partial charge < -0.3 is 10.5 Å². The first-order chi connectivity index (χ1) is 6.68. The maximum atomic E-state index is 5.90. The van der Waals surface area contributed by atoms with Crippen molar-refractivity contribution in [3.8, 4) is 5.75 Å². The van der Waals surface area contributed by atoms with Gasteiger partial charge in [0.05, 0.1) is 0 Å². The Hall–Kier alpha value is -1.02. The molecule has 0 saturated heterocycles. The van der Waals surface area contributed by atoms with Crippen molar-refractivity contribution in [1.29, 1.82) is 0 Å². The molecule has 0 bridgehead atoms. The number of nitrogens with two attached hydrogens (primary N) is 1. The van der Waals surface area contributed by atoms with Gasteiger partial charge in [-0.3, -0.25) is 0 Å². The third-order valence-electron chi connectivity index (χ3n) is 2.85. The monoisotopic (exact) mass is 191 g/mol. The summed E-state index contributed by atoms with van der Waals surface area (Å²) >= 11 is 0.